The van der Waals surface area contributed by atoms with Crippen LogP contribution < -0.4 is 5.32 Å². The van der Waals surface area contributed by atoms with E-state index < -0.39 is 6.04 Å². The molecule has 0 saturated heterocycles. The average Bonchev–Trinajstić information content (AvgIpc) is 3.07. The zero-order chi connectivity index (χ0) is 22.5. The Morgan fingerprint density at radius 2 is 1.83 bits per heavy atom. The van der Waals surface area contributed by atoms with E-state index in [-0.39, 0.29) is 17.1 Å². The second kappa shape index (κ2) is 10.7. The Kier molecular flexibility index (Phi) is 8.84. The zero-order valence-corrected chi connectivity index (χ0v) is 20.3. The number of nitrogens with zero attached hydrogens (tertiary/aromatic N) is 2. The third-order valence-corrected chi connectivity index (χ3v) is 6.59. The molecule has 2 aliphatic rings. The number of ketones is 1. The van der Waals surface area contributed by atoms with Gasteiger partial charge >= 0.3 is 0 Å². The summed E-state index contributed by atoms with van der Waals surface area (Å²) in [5.41, 5.74) is 2.52. The molecular formula is C25H43N3O2. The van der Waals surface area contributed by atoms with Gasteiger partial charge in [0.05, 0.1) is 6.04 Å². The van der Waals surface area contributed by atoms with Gasteiger partial charge < -0.3 is 10.2 Å². The maximum atomic E-state index is 13.2. The van der Waals surface area contributed by atoms with E-state index in [4.69, 9.17) is 4.99 Å². The number of unbranched alkanes of at least 4 members (excludes halogenated alkanes) is 1. The van der Waals surface area contributed by atoms with Crippen molar-refractivity contribution in [1.29, 1.82) is 0 Å². The Hall–Kier alpha value is -1.49. The van der Waals surface area contributed by atoms with Crippen LogP contribution in [0.4, 0.5) is 0 Å². The summed E-state index contributed by atoms with van der Waals surface area (Å²) in [5, 5.41) is 3.00. The second-order valence-electron chi connectivity index (χ2n) is 10.7. The number of aliphatic imine (C=N–C) groups is 1. The molecule has 0 spiro atoms. The van der Waals surface area contributed by atoms with E-state index in [0.717, 1.165) is 43.8 Å². The fraction of sp³-hybridized carbons (Fsp3) is 0.800. The van der Waals surface area contributed by atoms with E-state index in [1.165, 1.54) is 31.4 Å². The highest BCUT2D eigenvalue weighted by Crippen LogP contribution is 2.34. The van der Waals surface area contributed by atoms with Crippen molar-refractivity contribution in [3.63, 3.8) is 0 Å². The summed E-state index contributed by atoms with van der Waals surface area (Å²) >= 11 is 0. The molecule has 0 aromatic carbocycles. The van der Waals surface area contributed by atoms with E-state index >= 15 is 0 Å². The molecule has 0 radical (unpaired) electrons. The van der Waals surface area contributed by atoms with Crippen molar-refractivity contribution >= 4 is 17.4 Å². The number of Topliss-reactive ketones (excluding diaryl/α,β-unsaturated/α-hetero) is 1. The van der Waals surface area contributed by atoms with Gasteiger partial charge in [-0.2, -0.15) is 0 Å². The molecule has 1 heterocycles. The van der Waals surface area contributed by atoms with E-state index in [0.29, 0.717) is 11.6 Å². The first-order valence-electron chi connectivity index (χ1n) is 11.8. The summed E-state index contributed by atoms with van der Waals surface area (Å²) in [6, 6.07) is -0.508. The van der Waals surface area contributed by atoms with Crippen molar-refractivity contribution in [1.82, 2.24) is 10.2 Å². The van der Waals surface area contributed by atoms with Gasteiger partial charge in [0.15, 0.2) is 5.78 Å². The van der Waals surface area contributed by atoms with Crippen LogP contribution in [0.15, 0.2) is 16.3 Å². The first-order valence-corrected chi connectivity index (χ1v) is 11.8. The number of hydrogen-bond donors (Lipinski definition) is 1. The Morgan fingerprint density at radius 1 is 1.20 bits per heavy atom. The van der Waals surface area contributed by atoms with Crippen molar-refractivity contribution in [2.75, 3.05) is 20.1 Å². The molecule has 0 aromatic rings. The Labute approximate surface area is 183 Å². The van der Waals surface area contributed by atoms with Crippen molar-refractivity contribution in [2.45, 2.75) is 92.5 Å². The summed E-state index contributed by atoms with van der Waals surface area (Å²) in [7, 11) is 2.12. The molecule has 0 aromatic heterocycles. The molecule has 0 bridgehead atoms. The molecule has 5 heteroatoms. The number of likely N-dealkylation sites (N-methyl/N-ethyl adjacent to an activating group) is 1. The second-order valence-corrected chi connectivity index (χ2v) is 10.7. The van der Waals surface area contributed by atoms with Gasteiger partial charge in [-0.15, -0.1) is 0 Å². The number of amides is 1. The van der Waals surface area contributed by atoms with Crippen LogP contribution in [0.1, 0.15) is 86.5 Å². The number of carbonyl (C=O) groups is 2. The third-order valence-electron chi connectivity index (χ3n) is 6.59. The zero-order valence-electron chi connectivity index (χ0n) is 20.3. The SMILES string of the molecule is CCCCN(C)CC1=C(C(=O)N[C@H](C(C)=O)C(C)(C)C)N=C(C2CCC(C)CC2)C1. The Bertz CT molecular complexity index is 679. The van der Waals surface area contributed by atoms with Crippen LogP contribution in [0.2, 0.25) is 0 Å². The fourth-order valence-electron chi connectivity index (χ4n) is 4.70. The topological polar surface area (TPSA) is 61.8 Å². The van der Waals surface area contributed by atoms with Crippen molar-refractivity contribution in [2.24, 2.45) is 22.2 Å². The summed E-state index contributed by atoms with van der Waals surface area (Å²) in [6.45, 7) is 13.8. The van der Waals surface area contributed by atoms with Gasteiger partial charge in [-0.3, -0.25) is 14.6 Å². The summed E-state index contributed by atoms with van der Waals surface area (Å²) in [5.74, 6) is 1.08. The lowest BCUT2D eigenvalue weighted by atomic mass is 9.79. The lowest BCUT2D eigenvalue weighted by molar-refractivity contribution is -0.127. The molecule has 1 saturated carbocycles. The molecule has 5 nitrogen and oxygen atoms in total. The van der Waals surface area contributed by atoms with Crippen LogP contribution in [0.5, 0.6) is 0 Å². The molecule has 1 aliphatic heterocycles. The fourth-order valence-corrected chi connectivity index (χ4v) is 4.70. The monoisotopic (exact) mass is 417 g/mol. The van der Waals surface area contributed by atoms with Crippen LogP contribution in [-0.2, 0) is 9.59 Å². The van der Waals surface area contributed by atoms with Gasteiger partial charge in [0.2, 0.25) is 0 Å². The van der Waals surface area contributed by atoms with Crippen molar-refractivity contribution in [3.05, 3.63) is 11.3 Å². The average molecular weight is 418 g/mol. The molecule has 1 atom stereocenters. The Balaban J connectivity index is 2.21. The first kappa shape index (κ1) is 24.8. The summed E-state index contributed by atoms with van der Waals surface area (Å²) in [4.78, 5) is 32.6. The standard InChI is InChI=1S/C25H43N3O2/c1-8-9-14-28(7)16-20-15-21(19-12-10-17(2)11-13-19)26-22(20)24(30)27-23(18(3)29)25(4,5)6/h17,19,23H,8-16H2,1-7H3,(H,27,30)/t17?,19?,23-/m1/s1. The molecule has 170 valence electrons. The lowest BCUT2D eigenvalue weighted by Gasteiger charge is -2.29. The predicted molar refractivity (Wildman–Crippen MR) is 125 cm³/mol. The molecular weight excluding hydrogens is 374 g/mol. The van der Waals surface area contributed by atoms with E-state index in [1.807, 2.05) is 20.8 Å². The number of rotatable bonds is 9. The molecule has 30 heavy (non-hydrogen) atoms. The van der Waals surface area contributed by atoms with E-state index in [2.05, 4.69) is 31.1 Å². The van der Waals surface area contributed by atoms with Gasteiger partial charge in [0.1, 0.15) is 5.70 Å². The smallest absolute Gasteiger partial charge is 0.270 e. The molecule has 1 N–H and O–H groups in total. The largest absolute Gasteiger partial charge is 0.340 e. The minimum atomic E-state index is -0.508. The van der Waals surface area contributed by atoms with Crippen LogP contribution in [0, 0.1) is 17.3 Å². The van der Waals surface area contributed by atoms with Crippen LogP contribution in [0.3, 0.4) is 0 Å². The van der Waals surface area contributed by atoms with Crippen LogP contribution >= 0.6 is 0 Å². The van der Waals surface area contributed by atoms with Crippen LogP contribution in [0.25, 0.3) is 0 Å². The number of nitrogens with one attached hydrogen (secondary N) is 1. The molecule has 0 unspecified atom stereocenters. The minimum Gasteiger partial charge on any atom is -0.340 e. The van der Waals surface area contributed by atoms with E-state index in [1.54, 1.807) is 6.92 Å². The highest BCUT2D eigenvalue weighted by Gasteiger charge is 2.34. The third kappa shape index (κ3) is 6.76. The van der Waals surface area contributed by atoms with Gasteiger partial charge in [-0.25, -0.2) is 0 Å². The van der Waals surface area contributed by atoms with Crippen molar-refractivity contribution < 1.29 is 9.59 Å². The van der Waals surface area contributed by atoms with Crippen molar-refractivity contribution in [3.8, 4) is 0 Å². The minimum absolute atomic E-state index is 0.0125. The highest BCUT2D eigenvalue weighted by molar-refractivity contribution is 6.04. The van der Waals surface area contributed by atoms with E-state index in [9.17, 15) is 9.59 Å². The molecule has 1 fully saturated rings. The van der Waals surface area contributed by atoms with Gasteiger partial charge in [-0.05, 0) is 62.6 Å². The van der Waals surface area contributed by atoms with Gasteiger partial charge in [0.25, 0.3) is 5.91 Å². The lowest BCUT2D eigenvalue weighted by Crippen LogP contribution is -2.48. The molecule has 1 aliphatic carbocycles. The van der Waals surface area contributed by atoms with Gasteiger partial charge in [-0.1, -0.05) is 53.9 Å². The molecule has 2 rings (SSSR count). The Morgan fingerprint density at radius 3 is 2.37 bits per heavy atom. The normalized spacial score (nSPS) is 23.5. The first-order chi connectivity index (χ1) is 14.0. The van der Waals surface area contributed by atoms with Gasteiger partial charge in [0, 0.05) is 18.7 Å². The predicted octanol–water partition coefficient (Wildman–Crippen LogP) is 4.76. The maximum Gasteiger partial charge on any atom is 0.270 e. The van der Waals surface area contributed by atoms with Crippen LogP contribution in [-0.4, -0.2) is 48.5 Å². The number of hydrogen-bond acceptors (Lipinski definition) is 4. The summed E-state index contributed by atoms with van der Waals surface area (Å²) < 4.78 is 0. The molecule has 1 amide bonds. The summed E-state index contributed by atoms with van der Waals surface area (Å²) in [6.07, 6.45) is 7.94. The number of carbonyl (C=O) groups excluding carboxylic acids is 2. The maximum absolute atomic E-state index is 13.2. The highest BCUT2D eigenvalue weighted by atomic mass is 16.2. The quantitative estimate of drug-likeness (QED) is 0.588.